The van der Waals surface area contributed by atoms with Gasteiger partial charge in [-0.25, -0.2) is 0 Å². The molecule has 3 rings (SSSR count). The highest BCUT2D eigenvalue weighted by molar-refractivity contribution is 5.98. The van der Waals surface area contributed by atoms with Crippen molar-refractivity contribution in [3.05, 3.63) is 29.3 Å². The molecule has 0 radical (unpaired) electrons. The van der Waals surface area contributed by atoms with Gasteiger partial charge < -0.3 is 10.1 Å². The highest BCUT2D eigenvalue weighted by Crippen LogP contribution is 2.26. The second-order valence-corrected chi connectivity index (χ2v) is 5.89. The molecule has 1 saturated heterocycles. The minimum Gasteiger partial charge on any atom is -0.493 e. The van der Waals surface area contributed by atoms with Gasteiger partial charge in [0, 0.05) is 18.0 Å². The first kappa shape index (κ1) is 14.5. The lowest BCUT2D eigenvalue weighted by atomic mass is 10.0. The van der Waals surface area contributed by atoms with Crippen molar-refractivity contribution in [1.82, 2.24) is 10.2 Å². The Hall–Kier alpha value is -1.39. The van der Waals surface area contributed by atoms with Crippen molar-refractivity contribution in [2.75, 3.05) is 32.8 Å². The Kier molecular flexibility index (Phi) is 4.56. The van der Waals surface area contributed by atoms with Crippen LogP contribution in [-0.4, -0.2) is 49.5 Å². The van der Waals surface area contributed by atoms with E-state index in [0.717, 1.165) is 56.8 Å². The van der Waals surface area contributed by atoms with Gasteiger partial charge in [-0.15, -0.1) is 0 Å². The van der Waals surface area contributed by atoms with Gasteiger partial charge in [0.25, 0.3) is 0 Å². The summed E-state index contributed by atoms with van der Waals surface area (Å²) in [4.78, 5) is 14.9. The molecule has 114 valence electrons. The Morgan fingerprint density at radius 3 is 2.95 bits per heavy atom. The van der Waals surface area contributed by atoms with Crippen molar-refractivity contribution >= 4 is 5.78 Å². The van der Waals surface area contributed by atoms with Gasteiger partial charge in [0.2, 0.25) is 0 Å². The fraction of sp³-hybridized carbons (Fsp3) is 0.588. The number of ether oxygens (including phenoxy) is 1. The average Bonchev–Trinajstić information content (AvgIpc) is 3.00. The van der Waals surface area contributed by atoms with E-state index >= 15 is 0 Å². The van der Waals surface area contributed by atoms with Crippen LogP contribution in [0.15, 0.2) is 18.2 Å². The molecule has 1 aromatic rings. The summed E-state index contributed by atoms with van der Waals surface area (Å²) in [7, 11) is 0. The van der Waals surface area contributed by atoms with Crippen molar-refractivity contribution in [2.45, 2.75) is 32.2 Å². The molecule has 0 aliphatic carbocycles. The standard InChI is InChI=1S/C17H24N2O2/c1-2-19(15-5-8-18-9-6-15)12-16(20)13-3-4-17-14(11-13)7-10-21-17/h3-4,11,15,18H,2,5-10,12H2,1H3. The summed E-state index contributed by atoms with van der Waals surface area (Å²) in [5.41, 5.74) is 2.00. The molecule has 21 heavy (non-hydrogen) atoms. The van der Waals surface area contributed by atoms with Gasteiger partial charge in [0.15, 0.2) is 5.78 Å². The SMILES string of the molecule is CCN(CC(=O)c1ccc2c(c1)CCO2)C1CCNCC1. The monoisotopic (exact) mass is 288 g/mol. The first-order valence-corrected chi connectivity index (χ1v) is 8.01. The Balaban J connectivity index is 1.66. The topological polar surface area (TPSA) is 41.6 Å². The molecular formula is C17H24N2O2. The van der Waals surface area contributed by atoms with E-state index in [1.54, 1.807) is 0 Å². The number of hydrogen-bond donors (Lipinski definition) is 1. The third-order valence-corrected chi connectivity index (χ3v) is 4.59. The van der Waals surface area contributed by atoms with Crippen molar-refractivity contribution < 1.29 is 9.53 Å². The predicted molar refractivity (Wildman–Crippen MR) is 83.1 cm³/mol. The Labute approximate surface area is 126 Å². The number of nitrogens with one attached hydrogen (secondary N) is 1. The maximum Gasteiger partial charge on any atom is 0.176 e. The zero-order valence-electron chi connectivity index (χ0n) is 12.7. The van der Waals surface area contributed by atoms with Crippen LogP contribution in [0.3, 0.4) is 0 Å². The molecule has 0 aromatic heterocycles. The zero-order valence-corrected chi connectivity index (χ0v) is 12.7. The number of carbonyl (C=O) groups is 1. The quantitative estimate of drug-likeness (QED) is 0.840. The number of fused-ring (bicyclic) bond motifs is 1. The molecule has 2 aliphatic rings. The molecule has 2 aliphatic heterocycles. The van der Waals surface area contributed by atoms with Crippen LogP contribution in [0.5, 0.6) is 5.75 Å². The summed E-state index contributed by atoms with van der Waals surface area (Å²) in [5, 5.41) is 3.38. The van der Waals surface area contributed by atoms with Gasteiger partial charge in [0.1, 0.15) is 5.75 Å². The average molecular weight is 288 g/mol. The largest absolute Gasteiger partial charge is 0.493 e. The van der Waals surface area contributed by atoms with Gasteiger partial charge in [0.05, 0.1) is 13.2 Å². The molecule has 0 amide bonds. The fourth-order valence-corrected chi connectivity index (χ4v) is 3.31. The summed E-state index contributed by atoms with van der Waals surface area (Å²) in [6.45, 7) is 6.47. The molecular weight excluding hydrogens is 264 g/mol. The van der Waals surface area contributed by atoms with Crippen molar-refractivity contribution in [3.63, 3.8) is 0 Å². The van der Waals surface area contributed by atoms with Gasteiger partial charge in [-0.1, -0.05) is 6.92 Å². The first-order chi connectivity index (χ1) is 10.3. The van der Waals surface area contributed by atoms with E-state index < -0.39 is 0 Å². The number of Topliss-reactive ketones (excluding diaryl/α,β-unsaturated/α-hetero) is 1. The minimum atomic E-state index is 0.227. The lowest BCUT2D eigenvalue weighted by Gasteiger charge is -2.33. The molecule has 0 spiro atoms. The molecule has 0 bridgehead atoms. The smallest absolute Gasteiger partial charge is 0.176 e. The van der Waals surface area contributed by atoms with Crippen LogP contribution < -0.4 is 10.1 Å². The maximum atomic E-state index is 12.6. The number of likely N-dealkylation sites (N-methyl/N-ethyl adjacent to an activating group) is 1. The number of benzene rings is 1. The summed E-state index contributed by atoms with van der Waals surface area (Å²) in [5.74, 6) is 1.17. The highest BCUT2D eigenvalue weighted by atomic mass is 16.5. The van der Waals surface area contributed by atoms with Crippen LogP contribution in [-0.2, 0) is 6.42 Å². The maximum absolute atomic E-state index is 12.6. The third-order valence-electron chi connectivity index (χ3n) is 4.59. The van der Waals surface area contributed by atoms with E-state index in [9.17, 15) is 4.79 Å². The number of ketones is 1. The summed E-state index contributed by atoms with van der Waals surface area (Å²) in [6.07, 6.45) is 3.19. The molecule has 0 saturated carbocycles. The Morgan fingerprint density at radius 1 is 1.38 bits per heavy atom. The van der Waals surface area contributed by atoms with Gasteiger partial charge in [-0.3, -0.25) is 9.69 Å². The fourth-order valence-electron chi connectivity index (χ4n) is 3.31. The summed E-state index contributed by atoms with van der Waals surface area (Å²) >= 11 is 0. The number of rotatable bonds is 5. The van der Waals surface area contributed by atoms with Crippen LogP contribution in [0.2, 0.25) is 0 Å². The third kappa shape index (κ3) is 3.27. The summed E-state index contributed by atoms with van der Waals surface area (Å²) in [6, 6.07) is 6.40. The van der Waals surface area contributed by atoms with Gasteiger partial charge in [-0.05, 0) is 56.2 Å². The molecule has 4 heteroatoms. The number of hydrogen-bond acceptors (Lipinski definition) is 4. The normalized spacial score (nSPS) is 18.6. The number of piperidine rings is 1. The predicted octanol–water partition coefficient (Wildman–Crippen LogP) is 1.88. The molecule has 4 nitrogen and oxygen atoms in total. The lowest BCUT2D eigenvalue weighted by molar-refractivity contribution is 0.0874. The Morgan fingerprint density at radius 2 is 2.19 bits per heavy atom. The van der Waals surface area contributed by atoms with Crippen molar-refractivity contribution in [3.8, 4) is 5.75 Å². The van der Waals surface area contributed by atoms with Crippen LogP contribution in [0.25, 0.3) is 0 Å². The summed E-state index contributed by atoms with van der Waals surface area (Å²) < 4.78 is 5.50. The second kappa shape index (κ2) is 6.58. The van der Waals surface area contributed by atoms with Crippen LogP contribution in [0.4, 0.5) is 0 Å². The van der Waals surface area contributed by atoms with Gasteiger partial charge >= 0.3 is 0 Å². The van der Waals surface area contributed by atoms with Gasteiger partial charge in [-0.2, -0.15) is 0 Å². The number of carbonyl (C=O) groups excluding carboxylic acids is 1. The first-order valence-electron chi connectivity index (χ1n) is 8.01. The molecule has 0 unspecified atom stereocenters. The van der Waals surface area contributed by atoms with Crippen LogP contribution >= 0.6 is 0 Å². The molecule has 2 heterocycles. The second-order valence-electron chi connectivity index (χ2n) is 5.89. The van der Waals surface area contributed by atoms with Crippen LogP contribution in [0.1, 0.15) is 35.7 Å². The van der Waals surface area contributed by atoms with E-state index in [4.69, 9.17) is 4.74 Å². The van der Waals surface area contributed by atoms with E-state index in [0.29, 0.717) is 12.6 Å². The molecule has 1 N–H and O–H groups in total. The lowest BCUT2D eigenvalue weighted by Crippen LogP contribution is -2.45. The van der Waals surface area contributed by atoms with E-state index in [1.165, 1.54) is 5.56 Å². The van der Waals surface area contributed by atoms with E-state index in [1.807, 2.05) is 18.2 Å². The van der Waals surface area contributed by atoms with Crippen LogP contribution in [0, 0.1) is 0 Å². The van der Waals surface area contributed by atoms with E-state index in [-0.39, 0.29) is 5.78 Å². The molecule has 0 atom stereocenters. The van der Waals surface area contributed by atoms with Crippen molar-refractivity contribution in [2.24, 2.45) is 0 Å². The van der Waals surface area contributed by atoms with E-state index in [2.05, 4.69) is 17.1 Å². The Bertz CT molecular complexity index is 510. The van der Waals surface area contributed by atoms with Crippen molar-refractivity contribution in [1.29, 1.82) is 0 Å². The highest BCUT2D eigenvalue weighted by Gasteiger charge is 2.23. The molecule has 1 fully saturated rings. The molecule has 1 aromatic carbocycles. The zero-order chi connectivity index (χ0) is 14.7. The number of nitrogens with zero attached hydrogens (tertiary/aromatic N) is 1. The minimum absolute atomic E-state index is 0.227.